The average molecular weight is 424 g/mol. The summed E-state index contributed by atoms with van der Waals surface area (Å²) >= 11 is 0. The number of benzene rings is 1. The Hall–Kier alpha value is -2.50. The van der Waals surface area contributed by atoms with Crippen molar-refractivity contribution in [2.24, 2.45) is 0 Å². The Morgan fingerprint density at radius 2 is 1.60 bits per heavy atom. The monoisotopic (exact) mass is 423 g/mol. The van der Waals surface area contributed by atoms with Gasteiger partial charge in [-0.1, -0.05) is 34.9 Å². The third-order valence-corrected chi connectivity index (χ3v) is 4.62. The molecule has 0 heterocycles. The van der Waals surface area contributed by atoms with Crippen LogP contribution >= 0.6 is 0 Å². The molecule has 6 heteroatoms. The molecule has 0 saturated carbocycles. The van der Waals surface area contributed by atoms with Crippen LogP contribution in [0, 0.1) is 0 Å². The minimum Gasteiger partial charge on any atom is -0.465 e. The minimum absolute atomic E-state index is 0.0754. The number of alkyl halides is 3. The molecule has 0 unspecified atom stereocenters. The average Bonchev–Trinajstić information content (AvgIpc) is 2.66. The maximum Gasteiger partial charge on any atom is 0.416 e. The number of methoxy groups -OCH3 is 1. The molecule has 1 aromatic rings. The number of allylic oxidation sites excluding steroid dienone is 5. The normalized spacial score (nSPS) is 12.5. The predicted molar refractivity (Wildman–Crippen MR) is 117 cm³/mol. The van der Waals surface area contributed by atoms with Gasteiger partial charge in [-0.2, -0.15) is 13.2 Å². The molecule has 0 aliphatic carbocycles. The molecule has 3 nitrogen and oxygen atoms in total. The second-order valence-electron chi connectivity index (χ2n) is 7.59. The van der Waals surface area contributed by atoms with E-state index in [1.54, 1.807) is 0 Å². The summed E-state index contributed by atoms with van der Waals surface area (Å²) in [5.41, 5.74) is 3.17. The Labute approximate surface area is 177 Å². The number of carbonyl (C=O) groups excluding carboxylic acids is 1. The summed E-state index contributed by atoms with van der Waals surface area (Å²) < 4.78 is 43.6. The van der Waals surface area contributed by atoms with Crippen molar-refractivity contribution in [1.82, 2.24) is 0 Å². The van der Waals surface area contributed by atoms with Crippen LogP contribution in [-0.4, -0.2) is 19.6 Å². The lowest BCUT2D eigenvalue weighted by atomic mass is 10.1. The molecule has 0 fully saturated rings. The first kappa shape index (κ1) is 25.5. The van der Waals surface area contributed by atoms with Gasteiger partial charge in [0.2, 0.25) is 0 Å². The second-order valence-corrected chi connectivity index (χ2v) is 7.59. The highest BCUT2D eigenvalue weighted by atomic mass is 19.4. The van der Waals surface area contributed by atoms with Gasteiger partial charge in [0.25, 0.3) is 0 Å². The molecule has 0 spiro atoms. The maximum absolute atomic E-state index is 13.0. The van der Waals surface area contributed by atoms with Crippen molar-refractivity contribution in [2.75, 3.05) is 19.0 Å². The van der Waals surface area contributed by atoms with E-state index in [1.165, 1.54) is 18.3 Å². The van der Waals surface area contributed by atoms with Crippen LogP contribution in [0.2, 0.25) is 0 Å². The minimum atomic E-state index is -4.48. The lowest BCUT2D eigenvalue weighted by Gasteiger charge is -2.13. The largest absolute Gasteiger partial charge is 0.465 e. The molecule has 1 rings (SSSR count). The zero-order valence-corrected chi connectivity index (χ0v) is 18.5. The fourth-order valence-corrected chi connectivity index (χ4v) is 2.83. The van der Waals surface area contributed by atoms with Crippen molar-refractivity contribution in [3.8, 4) is 0 Å². The van der Waals surface area contributed by atoms with Gasteiger partial charge in [0.15, 0.2) is 0 Å². The van der Waals surface area contributed by atoms with E-state index in [9.17, 15) is 18.0 Å². The smallest absolute Gasteiger partial charge is 0.416 e. The van der Waals surface area contributed by atoms with Gasteiger partial charge in [-0.25, -0.2) is 4.79 Å². The highest BCUT2D eigenvalue weighted by Crippen LogP contribution is 2.32. The van der Waals surface area contributed by atoms with Crippen LogP contribution in [0.5, 0.6) is 0 Å². The van der Waals surface area contributed by atoms with Crippen LogP contribution in [0.3, 0.4) is 0 Å². The van der Waals surface area contributed by atoms with E-state index >= 15 is 0 Å². The fraction of sp³-hybridized carbons (Fsp3) is 0.458. The maximum atomic E-state index is 13.0. The molecule has 0 aromatic heterocycles. The lowest BCUT2D eigenvalue weighted by Crippen LogP contribution is -2.12. The van der Waals surface area contributed by atoms with E-state index in [2.05, 4.69) is 43.0 Å². The van der Waals surface area contributed by atoms with Gasteiger partial charge >= 0.3 is 12.1 Å². The Bertz CT molecular complexity index is 801. The lowest BCUT2D eigenvalue weighted by molar-refractivity contribution is -0.137. The summed E-state index contributed by atoms with van der Waals surface area (Å²) in [6, 6.07) is 2.95. The Morgan fingerprint density at radius 3 is 2.17 bits per heavy atom. The first-order chi connectivity index (χ1) is 14.0. The van der Waals surface area contributed by atoms with Crippen molar-refractivity contribution >= 4 is 11.7 Å². The van der Waals surface area contributed by atoms with E-state index < -0.39 is 17.7 Å². The van der Waals surface area contributed by atoms with Crippen LogP contribution in [0.1, 0.15) is 69.3 Å². The predicted octanol–water partition coefficient (Wildman–Crippen LogP) is 7.32. The standard InChI is InChI=1S/C24H32F3NO2/c1-17(2)8-6-9-18(3)10-7-11-19(4)14-15-28-22-16-20(24(25,26)27)12-13-21(22)23(29)30-5/h8,10,12-14,16,28H,6-7,9,11,15H2,1-5H3/b18-10+,19-14+. The molecule has 0 atom stereocenters. The zero-order chi connectivity index (χ0) is 22.7. The summed E-state index contributed by atoms with van der Waals surface area (Å²) in [4.78, 5) is 11.8. The number of halogens is 3. The van der Waals surface area contributed by atoms with Gasteiger partial charge in [-0.3, -0.25) is 0 Å². The van der Waals surface area contributed by atoms with Crippen molar-refractivity contribution in [2.45, 2.75) is 59.6 Å². The van der Waals surface area contributed by atoms with Crippen molar-refractivity contribution in [3.63, 3.8) is 0 Å². The summed E-state index contributed by atoms with van der Waals surface area (Å²) in [7, 11) is 1.20. The molecule has 0 aliphatic heterocycles. The Balaban J connectivity index is 2.68. The van der Waals surface area contributed by atoms with Gasteiger partial charge in [0.1, 0.15) is 0 Å². The summed E-state index contributed by atoms with van der Waals surface area (Å²) in [5, 5.41) is 2.91. The number of nitrogens with one attached hydrogen (secondary N) is 1. The molecule has 0 bridgehead atoms. The van der Waals surface area contributed by atoms with Crippen LogP contribution in [0.25, 0.3) is 0 Å². The second kappa shape index (κ2) is 12.3. The summed E-state index contributed by atoms with van der Waals surface area (Å²) in [6.45, 7) is 8.62. The van der Waals surface area contributed by atoms with Crippen LogP contribution < -0.4 is 5.32 Å². The zero-order valence-electron chi connectivity index (χ0n) is 18.5. The number of hydrogen-bond acceptors (Lipinski definition) is 3. The molecular formula is C24H32F3NO2. The number of rotatable bonds is 10. The highest BCUT2D eigenvalue weighted by molar-refractivity contribution is 5.95. The van der Waals surface area contributed by atoms with Crippen molar-refractivity contribution < 1.29 is 22.7 Å². The van der Waals surface area contributed by atoms with Gasteiger partial charge in [-0.15, -0.1) is 0 Å². The van der Waals surface area contributed by atoms with E-state index in [0.717, 1.165) is 49.5 Å². The van der Waals surface area contributed by atoms with Gasteiger partial charge < -0.3 is 10.1 Å². The van der Waals surface area contributed by atoms with Crippen LogP contribution in [-0.2, 0) is 10.9 Å². The van der Waals surface area contributed by atoms with Crippen molar-refractivity contribution in [1.29, 1.82) is 0 Å². The van der Waals surface area contributed by atoms with Gasteiger partial charge in [-0.05, 0) is 71.6 Å². The van der Waals surface area contributed by atoms with E-state index in [4.69, 9.17) is 0 Å². The van der Waals surface area contributed by atoms with E-state index in [1.807, 2.05) is 13.0 Å². The molecule has 1 aromatic carbocycles. The summed E-state index contributed by atoms with van der Waals surface area (Å²) in [5.74, 6) is -0.680. The topological polar surface area (TPSA) is 38.3 Å². The van der Waals surface area contributed by atoms with Gasteiger partial charge in [0.05, 0.1) is 18.2 Å². The molecule has 30 heavy (non-hydrogen) atoms. The van der Waals surface area contributed by atoms with Crippen LogP contribution in [0.4, 0.5) is 18.9 Å². The SMILES string of the molecule is COC(=O)c1ccc(C(F)(F)F)cc1NC/C=C(\C)CC/C=C(\C)CCC=C(C)C. The van der Waals surface area contributed by atoms with E-state index in [0.29, 0.717) is 6.54 Å². The molecular weight excluding hydrogens is 391 g/mol. The molecule has 166 valence electrons. The third kappa shape index (κ3) is 9.33. The molecule has 1 N–H and O–H groups in total. The quantitative estimate of drug-likeness (QED) is 0.316. The van der Waals surface area contributed by atoms with E-state index in [-0.39, 0.29) is 11.3 Å². The molecule has 0 aliphatic rings. The number of esters is 1. The van der Waals surface area contributed by atoms with Gasteiger partial charge in [0, 0.05) is 12.2 Å². The number of carbonyl (C=O) groups is 1. The third-order valence-electron chi connectivity index (χ3n) is 4.62. The fourth-order valence-electron chi connectivity index (χ4n) is 2.83. The summed E-state index contributed by atoms with van der Waals surface area (Å²) in [6.07, 6.45) is 5.77. The van der Waals surface area contributed by atoms with Crippen molar-refractivity contribution in [3.05, 3.63) is 64.3 Å². The van der Waals surface area contributed by atoms with Crippen LogP contribution in [0.15, 0.2) is 53.1 Å². The number of hydrogen-bond donors (Lipinski definition) is 1. The first-order valence-electron chi connectivity index (χ1n) is 10.0. The Kier molecular flexibility index (Phi) is 10.4. The molecule has 0 saturated heterocycles. The molecule has 0 radical (unpaired) electrons. The molecule has 0 amide bonds. The number of ether oxygens (including phenoxy) is 1. The highest BCUT2D eigenvalue weighted by Gasteiger charge is 2.31. The first-order valence-corrected chi connectivity index (χ1v) is 10.0. The number of anilines is 1. The Morgan fingerprint density at radius 1 is 1.00 bits per heavy atom.